The predicted octanol–water partition coefficient (Wildman–Crippen LogP) is 2.50. The summed E-state index contributed by atoms with van der Waals surface area (Å²) in [6, 6.07) is 2.32. The number of nitrogens with one attached hydrogen (secondary N) is 1. The Bertz CT molecular complexity index is 379. The number of hydrogen-bond donors (Lipinski definition) is 1. The van der Waals surface area contributed by atoms with Crippen LogP contribution in [0.15, 0.2) is 11.4 Å². The Balaban J connectivity index is 1.67. The molecule has 0 saturated carbocycles. The number of rotatable bonds is 3. The molecule has 3 heterocycles. The number of fused-ring (bicyclic) bond motifs is 1. The maximum Gasteiger partial charge on any atom is 0.0245 e. The van der Waals surface area contributed by atoms with Gasteiger partial charge in [0.05, 0.1) is 0 Å². The predicted molar refractivity (Wildman–Crippen MR) is 73.5 cm³/mol. The zero-order chi connectivity index (χ0) is 11.7. The van der Waals surface area contributed by atoms with Gasteiger partial charge in [-0.05, 0) is 48.2 Å². The Kier molecular flexibility index (Phi) is 3.24. The maximum atomic E-state index is 3.54. The van der Waals surface area contributed by atoms with Crippen LogP contribution in [-0.4, -0.2) is 31.1 Å². The lowest BCUT2D eigenvalue weighted by Crippen LogP contribution is -2.41. The van der Waals surface area contributed by atoms with Crippen molar-refractivity contribution in [2.75, 3.05) is 26.2 Å². The zero-order valence-corrected chi connectivity index (χ0v) is 11.5. The molecule has 0 aliphatic carbocycles. The molecule has 1 atom stereocenters. The first kappa shape index (κ1) is 11.7. The van der Waals surface area contributed by atoms with E-state index in [1.807, 2.05) is 11.3 Å². The quantitative estimate of drug-likeness (QED) is 0.886. The summed E-state index contributed by atoms with van der Waals surface area (Å²) in [4.78, 5) is 4.29. The van der Waals surface area contributed by atoms with Crippen molar-refractivity contribution in [2.24, 2.45) is 5.41 Å². The van der Waals surface area contributed by atoms with Gasteiger partial charge in [-0.15, -0.1) is 11.3 Å². The molecular weight excluding hydrogens is 228 g/mol. The van der Waals surface area contributed by atoms with Gasteiger partial charge in [-0.25, -0.2) is 0 Å². The normalized spacial score (nSPS) is 29.5. The molecule has 2 nitrogen and oxygen atoms in total. The van der Waals surface area contributed by atoms with Gasteiger partial charge in [-0.1, -0.05) is 6.92 Å². The van der Waals surface area contributed by atoms with Crippen LogP contribution in [0, 0.1) is 5.41 Å². The van der Waals surface area contributed by atoms with E-state index in [0.29, 0.717) is 5.41 Å². The van der Waals surface area contributed by atoms with Crippen molar-refractivity contribution in [1.29, 1.82) is 0 Å². The number of nitrogens with zero attached hydrogens (tertiary/aromatic N) is 1. The van der Waals surface area contributed by atoms with Crippen molar-refractivity contribution >= 4 is 11.3 Å². The topological polar surface area (TPSA) is 15.3 Å². The monoisotopic (exact) mass is 250 g/mol. The standard InChI is InChI=1S/C14H22N2S/c1-2-14(5-6-15-10-14)11-16-7-3-13-12(9-16)4-8-17-13/h4,8,15H,2-3,5-7,9-11H2,1H3. The van der Waals surface area contributed by atoms with Gasteiger partial charge in [0, 0.05) is 31.1 Å². The second kappa shape index (κ2) is 4.71. The summed E-state index contributed by atoms with van der Waals surface area (Å²) in [5.74, 6) is 0. The van der Waals surface area contributed by atoms with Crippen molar-refractivity contribution in [2.45, 2.75) is 32.7 Å². The summed E-state index contributed by atoms with van der Waals surface area (Å²) < 4.78 is 0. The minimum absolute atomic E-state index is 0.549. The van der Waals surface area contributed by atoms with Crippen LogP contribution in [0.1, 0.15) is 30.2 Å². The lowest BCUT2D eigenvalue weighted by Gasteiger charge is -2.36. The first-order chi connectivity index (χ1) is 8.31. The second-order valence-electron chi connectivity index (χ2n) is 5.61. The summed E-state index contributed by atoms with van der Waals surface area (Å²) in [6.45, 7) is 8.51. The molecule has 2 aliphatic heterocycles. The highest BCUT2D eigenvalue weighted by Gasteiger charge is 2.34. The summed E-state index contributed by atoms with van der Waals surface area (Å²) in [7, 11) is 0. The molecule has 0 radical (unpaired) electrons. The maximum absolute atomic E-state index is 3.54. The Morgan fingerprint density at radius 3 is 3.24 bits per heavy atom. The van der Waals surface area contributed by atoms with Crippen LogP contribution in [0.2, 0.25) is 0 Å². The van der Waals surface area contributed by atoms with Crippen molar-refractivity contribution in [1.82, 2.24) is 10.2 Å². The number of hydrogen-bond acceptors (Lipinski definition) is 3. The highest BCUT2D eigenvalue weighted by molar-refractivity contribution is 7.10. The fourth-order valence-electron chi connectivity index (χ4n) is 3.26. The van der Waals surface area contributed by atoms with Gasteiger partial charge in [-0.3, -0.25) is 4.90 Å². The van der Waals surface area contributed by atoms with E-state index < -0.39 is 0 Å². The van der Waals surface area contributed by atoms with E-state index in [1.54, 1.807) is 10.4 Å². The second-order valence-corrected chi connectivity index (χ2v) is 6.61. The molecule has 3 rings (SSSR count). The van der Waals surface area contributed by atoms with Gasteiger partial charge >= 0.3 is 0 Å². The minimum atomic E-state index is 0.549. The molecule has 0 aromatic carbocycles. The van der Waals surface area contributed by atoms with E-state index in [0.717, 1.165) is 0 Å². The molecule has 1 N–H and O–H groups in total. The van der Waals surface area contributed by atoms with E-state index in [9.17, 15) is 0 Å². The van der Waals surface area contributed by atoms with Crippen molar-refractivity contribution in [3.63, 3.8) is 0 Å². The largest absolute Gasteiger partial charge is 0.316 e. The Morgan fingerprint density at radius 2 is 2.47 bits per heavy atom. The molecule has 17 heavy (non-hydrogen) atoms. The fraction of sp³-hybridized carbons (Fsp3) is 0.714. The van der Waals surface area contributed by atoms with E-state index in [1.165, 1.54) is 52.0 Å². The van der Waals surface area contributed by atoms with Crippen LogP contribution in [-0.2, 0) is 13.0 Å². The summed E-state index contributed by atoms with van der Waals surface area (Å²) >= 11 is 1.94. The zero-order valence-electron chi connectivity index (χ0n) is 10.7. The third-order valence-corrected chi connectivity index (χ3v) is 5.55. The summed E-state index contributed by atoms with van der Waals surface area (Å²) in [5, 5.41) is 5.79. The molecule has 1 saturated heterocycles. The van der Waals surface area contributed by atoms with Gasteiger partial charge in [0.1, 0.15) is 0 Å². The van der Waals surface area contributed by atoms with Crippen molar-refractivity contribution in [3.05, 3.63) is 21.9 Å². The minimum Gasteiger partial charge on any atom is -0.316 e. The van der Waals surface area contributed by atoms with Crippen molar-refractivity contribution < 1.29 is 0 Å². The molecular formula is C14H22N2S. The van der Waals surface area contributed by atoms with E-state index in [4.69, 9.17) is 0 Å². The van der Waals surface area contributed by atoms with Crippen LogP contribution in [0.4, 0.5) is 0 Å². The molecule has 0 bridgehead atoms. The molecule has 1 unspecified atom stereocenters. The molecule has 0 amide bonds. The van der Waals surface area contributed by atoms with Gasteiger partial charge in [0.15, 0.2) is 0 Å². The number of thiophene rings is 1. The average Bonchev–Trinajstić information content (AvgIpc) is 2.97. The van der Waals surface area contributed by atoms with Gasteiger partial charge in [0.2, 0.25) is 0 Å². The van der Waals surface area contributed by atoms with Crippen LogP contribution >= 0.6 is 11.3 Å². The molecule has 0 spiro atoms. The Hall–Kier alpha value is -0.380. The third-order valence-electron chi connectivity index (χ3n) is 4.53. The average molecular weight is 250 g/mol. The van der Waals surface area contributed by atoms with E-state index in [2.05, 4.69) is 28.6 Å². The van der Waals surface area contributed by atoms with Crippen molar-refractivity contribution in [3.8, 4) is 0 Å². The lowest BCUT2D eigenvalue weighted by molar-refractivity contribution is 0.147. The highest BCUT2D eigenvalue weighted by Crippen LogP contribution is 2.33. The van der Waals surface area contributed by atoms with Gasteiger partial charge in [0.25, 0.3) is 0 Å². The molecule has 1 aromatic heterocycles. The van der Waals surface area contributed by atoms with Gasteiger partial charge < -0.3 is 5.32 Å². The first-order valence-electron chi connectivity index (χ1n) is 6.80. The Morgan fingerprint density at radius 1 is 1.53 bits per heavy atom. The van der Waals surface area contributed by atoms with Crippen LogP contribution in [0.25, 0.3) is 0 Å². The molecule has 2 aliphatic rings. The first-order valence-corrected chi connectivity index (χ1v) is 7.68. The lowest BCUT2D eigenvalue weighted by atomic mass is 9.83. The van der Waals surface area contributed by atoms with Crippen LogP contribution in [0.5, 0.6) is 0 Å². The summed E-state index contributed by atoms with van der Waals surface area (Å²) in [5.41, 5.74) is 2.13. The van der Waals surface area contributed by atoms with Gasteiger partial charge in [-0.2, -0.15) is 0 Å². The molecule has 1 fully saturated rings. The molecule has 94 valence electrons. The van der Waals surface area contributed by atoms with E-state index in [-0.39, 0.29) is 0 Å². The Labute approximate surface area is 108 Å². The molecule has 3 heteroatoms. The SMILES string of the molecule is CCC1(CN2CCc3sccc3C2)CCNC1. The van der Waals surface area contributed by atoms with Crippen LogP contribution < -0.4 is 5.32 Å². The summed E-state index contributed by atoms with van der Waals surface area (Å²) in [6.07, 6.45) is 3.93. The van der Waals surface area contributed by atoms with E-state index >= 15 is 0 Å². The molecule has 1 aromatic rings. The fourth-order valence-corrected chi connectivity index (χ4v) is 4.15. The third kappa shape index (κ3) is 2.28. The highest BCUT2D eigenvalue weighted by atomic mass is 32.1. The van der Waals surface area contributed by atoms with Crippen LogP contribution in [0.3, 0.4) is 0 Å². The smallest absolute Gasteiger partial charge is 0.0245 e.